The average Bonchev–Trinajstić information content (AvgIpc) is 2.60. The SMILES string of the molecule is O=C(CO)N1CC2CNCC2C1. The van der Waals surface area contributed by atoms with Crippen LogP contribution >= 0.6 is 0 Å². The molecule has 0 spiro atoms. The second kappa shape index (κ2) is 3.03. The predicted molar refractivity (Wildman–Crippen MR) is 43.5 cm³/mol. The van der Waals surface area contributed by atoms with Gasteiger partial charge in [-0.2, -0.15) is 0 Å². The topological polar surface area (TPSA) is 52.6 Å². The number of carbonyl (C=O) groups excluding carboxylic acids is 1. The summed E-state index contributed by atoms with van der Waals surface area (Å²) in [4.78, 5) is 12.9. The lowest BCUT2D eigenvalue weighted by molar-refractivity contribution is -0.133. The van der Waals surface area contributed by atoms with E-state index in [4.69, 9.17) is 5.11 Å². The minimum Gasteiger partial charge on any atom is -0.387 e. The van der Waals surface area contributed by atoms with Crippen molar-refractivity contribution in [2.24, 2.45) is 11.8 Å². The van der Waals surface area contributed by atoms with Crippen molar-refractivity contribution in [1.29, 1.82) is 0 Å². The van der Waals surface area contributed by atoms with Crippen molar-refractivity contribution in [3.05, 3.63) is 0 Å². The first-order chi connectivity index (χ1) is 5.81. The summed E-state index contributed by atoms with van der Waals surface area (Å²) in [6, 6.07) is 0. The summed E-state index contributed by atoms with van der Waals surface area (Å²) in [6.07, 6.45) is 0. The number of rotatable bonds is 1. The highest BCUT2D eigenvalue weighted by Crippen LogP contribution is 2.25. The Balaban J connectivity index is 1.94. The molecule has 0 radical (unpaired) electrons. The number of nitrogens with zero attached hydrogens (tertiary/aromatic N) is 1. The minimum absolute atomic E-state index is 0.121. The monoisotopic (exact) mass is 170 g/mol. The molecule has 12 heavy (non-hydrogen) atoms. The molecule has 2 aliphatic heterocycles. The maximum absolute atomic E-state index is 11.1. The van der Waals surface area contributed by atoms with E-state index in [2.05, 4.69) is 5.32 Å². The zero-order chi connectivity index (χ0) is 8.55. The van der Waals surface area contributed by atoms with Gasteiger partial charge in [-0.15, -0.1) is 0 Å². The summed E-state index contributed by atoms with van der Waals surface area (Å²) in [5.74, 6) is 1.13. The summed E-state index contributed by atoms with van der Waals surface area (Å²) < 4.78 is 0. The van der Waals surface area contributed by atoms with Gasteiger partial charge in [0.15, 0.2) is 0 Å². The lowest BCUT2D eigenvalue weighted by atomic mass is 10.0. The third-order valence-electron chi connectivity index (χ3n) is 2.88. The molecule has 2 N–H and O–H groups in total. The molecule has 0 bridgehead atoms. The third kappa shape index (κ3) is 1.21. The van der Waals surface area contributed by atoms with E-state index in [1.807, 2.05) is 0 Å². The van der Waals surface area contributed by atoms with Crippen molar-refractivity contribution in [3.8, 4) is 0 Å². The molecule has 4 nitrogen and oxygen atoms in total. The normalized spacial score (nSPS) is 33.9. The van der Waals surface area contributed by atoms with Crippen LogP contribution in [0, 0.1) is 11.8 Å². The summed E-state index contributed by atoms with van der Waals surface area (Å²) in [5.41, 5.74) is 0. The first-order valence-corrected chi connectivity index (χ1v) is 4.40. The Morgan fingerprint density at radius 2 is 2.00 bits per heavy atom. The molecule has 2 aliphatic rings. The summed E-state index contributed by atoms with van der Waals surface area (Å²) in [5, 5.41) is 12.0. The molecule has 4 heteroatoms. The number of carbonyl (C=O) groups is 1. The average molecular weight is 170 g/mol. The molecular formula is C8H14N2O2. The van der Waals surface area contributed by atoms with Crippen molar-refractivity contribution in [3.63, 3.8) is 0 Å². The van der Waals surface area contributed by atoms with Crippen LogP contribution in [-0.2, 0) is 4.79 Å². The Morgan fingerprint density at radius 1 is 1.42 bits per heavy atom. The molecular weight excluding hydrogens is 156 g/mol. The van der Waals surface area contributed by atoms with Gasteiger partial charge in [-0.1, -0.05) is 0 Å². The first-order valence-electron chi connectivity index (χ1n) is 4.40. The molecule has 0 aliphatic carbocycles. The number of likely N-dealkylation sites (tertiary alicyclic amines) is 1. The van der Waals surface area contributed by atoms with E-state index in [0.29, 0.717) is 11.8 Å². The zero-order valence-corrected chi connectivity index (χ0v) is 6.99. The lowest BCUT2D eigenvalue weighted by Crippen LogP contribution is -2.33. The van der Waals surface area contributed by atoms with E-state index in [0.717, 1.165) is 26.2 Å². The van der Waals surface area contributed by atoms with Gasteiger partial charge in [-0.05, 0) is 11.8 Å². The molecule has 2 rings (SSSR count). The molecule has 0 aromatic heterocycles. The van der Waals surface area contributed by atoms with E-state index >= 15 is 0 Å². The van der Waals surface area contributed by atoms with Crippen molar-refractivity contribution in [1.82, 2.24) is 10.2 Å². The Kier molecular flexibility index (Phi) is 2.02. The molecule has 2 heterocycles. The number of nitrogens with one attached hydrogen (secondary N) is 1. The summed E-state index contributed by atoms with van der Waals surface area (Å²) >= 11 is 0. The fraction of sp³-hybridized carbons (Fsp3) is 0.875. The van der Waals surface area contributed by atoms with Crippen LogP contribution in [0.1, 0.15) is 0 Å². The fourth-order valence-electron chi connectivity index (χ4n) is 2.16. The number of fused-ring (bicyclic) bond motifs is 1. The maximum atomic E-state index is 11.1. The van der Waals surface area contributed by atoms with Crippen LogP contribution in [0.4, 0.5) is 0 Å². The highest BCUT2D eigenvalue weighted by molar-refractivity contribution is 5.77. The van der Waals surface area contributed by atoms with Crippen LogP contribution in [0.3, 0.4) is 0 Å². The maximum Gasteiger partial charge on any atom is 0.248 e. The second-order valence-electron chi connectivity index (χ2n) is 3.64. The quantitative estimate of drug-likeness (QED) is 0.512. The summed E-state index contributed by atoms with van der Waals surface area (Å²) in [7, 11) is 0. The molecule has 0 aromatic carbocycles. The second-order valence-corrected chi connectivity index (χ2v) is 3.64. The molecule has 0 aromatic rings. The van der Waals surface area contributed by atoms with Gasteiger partial charge < -0.3 is 15.3 Å². The molecule has 2 saturated heterocycles. The van der Waals surface area contributed by atoms with Crippen molar-refractivity contribution < 1.29 is 9.90 Å². The number of aliphatic hydroxyl groups is 1. The van der Waals surface area contributed by atoms with Crippen LogP contribution in [0.25, 0.3) is 0 Å². The number of amides is 1. The molecule has 1 amide bonds. The smallest absolute Gasteiger partial charge is 0.248 e. The Labute approximate surface area is 71.5 Å². The van der Waals surface area contributed by atoms with Crippen LogP contribution in [-0.4, -0.2) is 48.7 Å². The van der Waals surface area contributed by atoms with Crippen LogP contribution < -0.4 is 5.32 Å². The molecule has 68 valence electrons. The van der Waals surface area contributed by atoms with Crippen molar-refractivity contribution in [2.45, 2.75) is 0 Å². The number of aliphatic hydroxyl groups excluding tert-OH is 1. The van der Waals surface area contributed by atoms with Gasteiger partial charge in [0.25, 0.3) is 0 Å². The highest BCUT2D eigenvalue weighted by atomic mass is 16.3. The number of hydrogen-bond acceptors (Lipinski definition) is 3. The third-order valence-corrected chi connectivity index (χ3v) is 2.88. The predicted octanol–water partition coefficient (Wildman–Crippen LogP) is -1.34. The lowest BCUT2D eigenvalue weighted by Gasteiger charge is -2.15. The Bertz CT molecular complexity index is 183. The molecule has 2 atom stereocenters. The highest BCUT2D eigenvalue weighted by Gasteiger charge is 2.37. The summed E-state index contributed by atoms with van der Waals surface area (Å²) in [6.45, 7) is 3.38. The van der Waals surface area contributed by atoms with Crippen LogP contribution in [0.15, 0.2) is 0 Å². The molecule has 0 saturated carbocycles. The van der Waals surface area contributed by atoms with Gasteiger partial charge in [0.2, 0.25) is 5.91 Å². The van der Waals surface area contributed by atoms with Gasteiger partial charge >= 0.3 is 0 Å². The minimum atomic E-state index is -0.340. The first kappa shape index (κ1) is 8.01. The molecule has 2 unspecified atom stereocenters. The van der Waals surface area contributed by atoms with Crippen molar-refractivity contribution in [2.75, 3.05) is 32.8 Å². The van der Waals surface area contributed by atoms with Crippen LogP contribution in [0.2, 0.25) is 0 Å². The fourth-order valence-corrected chi connectivity index (χ4v) is 2.16. The van der Waals surface area contributed by atoms with E-state index in [1.165, 1.54) is 0 Å². The van der Waals surface area contributed by atoms with Crippen LogP contribution in [0.5, 0.6) is 0 Å². The van der Waals surface area contributed by atoms with Gasteiger partial charge in [0.05, 0.1) is 0 Å². The van der Waals surface area contributed by atoms with Gasteiger partial charge in [0.1, 0.15) is 6.61 Å². The number of hydrogen-bond donors (Lipinski definition) is 2. The largest absolute Gasteiger partial charge is 0.387 e. The van der Waals surface area contributed by atoms with Gasteiger partial charge in [-0.25, -0.2) is 0 Å². The molecule has 2 fully saturated rings. The van der Waals surface area contributed by atoms with Gasteiger partial charge in [0, 0.05) is 26.2 Å². The Hall–Kier alpha value is -0.610. The zero-order valence-electron chi connectivity index (χ0n) is 6.99. The Morgan fingerprint density at radius 3 is 2.50 bits per heavy atom. The van der Waals surface area contributed by atoms with E-state index in [-0.39, 0.29) is 12.5 Å². The standard InChI is InChI=1S/C8H14N2O2/c11-5-8(12)10-3-6-1-9-2-7(6)4-10/h6-7,9,11H,1-5H2. The van der Waals surface area contributed by atoms with E-state index in [1.54, 1.807) is 4.90 Å². The van der Waals surface area contributed by atoms with Gasteiger partial charge in [-0.3, -0.25) is 4.79 Å². The van der Waals surface area contributed by atoms with E-state index < -0.39 is 0 Å². The van der Waals surface area contributed by atoms with Crippen molar-refractivity contribution >= 4 is 5.91 Å². The van der Waals surface area contributed by atoms with E-state index in [9.17, 15) is 4.79 Å².